The molecular formula is C23H26BrN3O4S. The van der Waals surface area contributed by atoms with E-state index in [0.717, 1.165) is 6.42 Å². The highest BCUT2D eigenvalue weighted by Crippen LogP contribution is 2.64. The standard InChI is InChI=1S/C23H26BrN3O4S/c1-22(2)15-11-12-23(22,20(28)13-15)14-32(30,31)26-17-8-4-6-10-19(17)27(21(25)29)18-9-5-3-7-16(18)24/h3-10,15,26H,11-14H2,1-2H3,(H2,25,29)/t15?,23-/m0/s1. The third-order valence-corrected chi connectivity index (χ3v) is 9.37. The first kappa shape index (κ1) is 22.8. The quantitative estimate of drug-likeness (QED) is 0.570. The number of fused-ring (bicyclic) bond motifs is 2. The third kappa shape index (κ3) is 3.61. The minimum Gasteiger partial charge on any atom is -0.351 e. The molecule has 1 unspecified atom stereocenters. The van der Waals surface area contributed by atoms with Crippen LogP contribution in [-0.2, 0) is 14.8 Å². The van der Waals surface area contributed by atoms with Crippen LogP contribution in [-0.4, -0.2) is 26.0 Å². The number of nitrogens with one attached hydrogen (secondary N) is 1. The number of hydrogen-bond donors (Lipinski definition) is 2. The number of amides is 2. The molecule has 2 bridgehead atoms. The summed E-state index contributed by atoms with van der Waals surface area (Å²) in [7, 11) is -3.90. The molecule has 3 N–H and O–H groups in total. The van der Waals surface area contributed by atoms with Gasteiger partial charge in [-0.25, -0.2) is 13.2 Å². The van der Waals surface area contributed by atoms with Crippen molar-refractivity contribution in [3.8, 4) is 0 Å². The van der Waals surface area contributed by atoms with Gasteiger partial charge in [-0.2, -0.15) is 0 Å². The Bertz CT molecular complexity index is 1200. The number of benzene rings is 2. The Morgan fingerprint density at radius 2 is 1.78 bits per heavy atom. The van der Waals surface area contributed by atoms with Crippen LogP contribution >= 0.6 is 15.9 Å². The Morgan fingerprint density at radius 1 is 1.16 bits per heavy atom. The molecule has 0 aliphatic heterocycles. The SMILES string of the molecule is CC1(C)C2CC[C@]1(CS(=O)(=O)Nc1ccccc1N(C(N)=O)c1ccccc1Br)C(=O)C2. The number of carbonyl (C=O) groups is 2. The predicted octanol–water partition coefficient (Wildman–Crippen LogP) is 4.80. The maximum atomic E-state index is 13.3. The normalized spacial score (nSPS) is 23.8. The summed E-state index contributed by atoms with van der Waals surface area (Å²) in [4.78, 5) is 26.5. The molecule has 0 heterocycles. The third-order valence-electron chi connectivity index (χ3n) is 7.30. The zero-order valence-electron chi connectivity index (χ0n) is 18.0. The van der Waals surface area contributed by atoms with Crippen molar-refractivity contribution in [2.75, 3.05) is 15.4 Å². The predicted molar refractivity (Wildman–Crippen MR) is 128 cm³/mol. The lowest BCUT2D eigenvalue weighted by Crippen LogP contribution is -2.43. The highest BCUT2D eigenvalue weighted by atomic mass is 79.9. The van der Waals surface area contributed by atoms with Crippen LogP contribution in [0.15, 0.2) is 53.0 Å². The number of hydrogen-bond acceptors (Lipinski definition) is 4. The highest BCUT2D eigenvalue weighted by molar-refractivity contribution is 9.10. The fourth-order valence-corrected chi connectivity index (χ4v) is 7.76. The number of nitrogens with zero attached hydrogens (tertiary/aromatic N) is 1. The van der Waals surface area contributed by atoms with E-state index < -0.39 is 21.5 Å². The highest BCUT2D eigenvalue weighted by Gasteiger charge is 2.65. The van der Waals surface area contributed by atoms with E-state index in [0.29, 0.717) is 28.7 Å². The molecule has 0 spiro atoms. The van der Waals surface area contributed by atoms with Crippen LogP contribution in [0.3, 0.4) is 0 Å². The number of nitrogens with two attached hydrogens (primary N) is 1. The summed E-state index contributed by atoms with van der Waals surface area (Å²) in [6.07, 6.45) is 1.88. The molecule has 2 fully saturated rings. The average Bonchev–Trinajstić information content (AvgIpc) is 3.04. The van der Waals surface area contributed by atoms with E-state index in [1.54, 1.807) is 48.5 Å². The lowest BCUT2D eigenvalue weighted by Gasteiger charge is -2.36. The number of urea groups is 1. The molecule has 2 amide bonds. The van der Waals surface area contributed by atoms with Gasteiger partial charge in [0.1, 0.15) is 5.78 Å². The molecule has 32 heavy (non-hydrogen) atoms. The van der Waals surface area contributed by atoms with Gasteiger partial charge in [0.05, 0.1) is 28.2 Å². The topological polar surface area (TPSA) is 110 Å². The van der Waals surface area contributed by atoms with Crippen molar-refractivity contribution in [1.29, 1.82) is 0 Å². The van der Waals surface area contributed by atoms with Crippen LogP contribution in [0.4, 0.5) is 21.9 Å². The number of carbonyl (C=O) groups excluding carboxylic acids is 2. The van der Waals surface area contributed by atoms with Gasteiger partial charge in [-0.15, -0.1) is 0 Å². The number of primary amides is 1. The lowest BCUT2D eigenvalue weighted by atomic mass is 9.70. The van der Waals surface area contributed by atoms with E-state index in [1.807, 2.05) is 13.8 Å². The van der Waals surface area contributed by atoms with Crippen LogP contribution in [0.5, 0.6) is 0 Å². The van der Waals surface area contributed by atoms with Gasteiger partial charge in [0.15, 0.2) is 0 Å². The maximum absolute atomic E-state index is 13.3. The number of para-hydroxylation sites is 3. The van der Waals surface area contributed by atoms with Crippen molar-refractivity contribution in [2.45, 2.75) is 33.1 Å². The number of halogens is 1. The monoisotopic (exact) mass is 519 g/mol. The molecule has 0 radical (unpaired) electrons. The summed E-state index contributed by atoms with van der Waals surface area (Å²) in [5.41, 5.74) is 5.43. The number of Topliss-reactive ketones (excluding diaryl/α,β-unsaturated/α-hetero) is 1. The zero-order valence-corrected chi connectivity index (χ0v) is 20.4. The molecule has 4 rings (SSSR count). The minimum atomic E-state index is -3.90. The minimum absolute atomic E-state index is 0.0318. The second kappa shape index (κ2) is 7.88. The lowest BCUT2D eigenvalue weighted by molar-refractivity contribution is -0.128. The molecule has 170 valence electrons. The summed E-state index contributed by atoms with van der Waals surface area (Å²) < 4.78 is 29.9. The summed E-state index contributed by atoms with van der Waals surface area (Å²) in [5, 5.41) is 0. The molecule has 2 aromatic carbocycles. The van der Waals surface area contributed by atoms with Crippen molar-refractivity contribution in [2.24, 2.45) is 22.5 Å². The van der Waals surface area contributed by atoms with Crippen LogP contribution in [0.25, 0.3) is 0 Å². The van der Waals surface area contributed by atoms with Crippen molar-refractivity contribution in [1.82, 2.24) is 0 Å². The largest absolute Gasteiger partial charge is 0.351 e. The number of sulfonamides is 1. The second-order valence-electron chi connectivity index (χ2n) is 9.17. The first-order valence-electron chi connectivity index (χ1n) is 10.5. The Morgan fingerprint density at radius 3 is 2.34 bits per heavy atom. The van der Waals surface area contributed by atoms with Gasteiger partial charge in [-0.05, 0) is 64.4 Å². The van der Waals surface area contributed by atoms with Gasteiger partial charge in [-0.1, -0.05) is 38.1 Å². The van der Waals surface area contributed by atoms with Gasteiger partial charge < -0.3 is 5.73 Å². The summed E-state index contributed by atoms with van der Waals surface area (Å²) in [6.45, 7) is 4.00. The molecule has 2 aliphatic carbocycles. The van der Waals surface area contributed by atoms with Gasteiger partial charge in [0.2, 0.25) is 10.0 Å². The van der Waals surface area contributed by atoms with Crippen LogP contribution in [0, 0.1) is 16.7 Å². The molecule has 2 saturated carbocycles. The fraction of sp³-hybridized carbons (Fsp3) is 0.391. The molecule has 7 nitrogen and oxygen atoms in total. The zero-order chi connectivity index (χ0) is 23.3. The molecule has 2 aliphatic rings. The van der Waals surface area contributed by atoms with Crippen molar-refractivity contribution in [3.63, 3.8) is 0 Å². The summed E-state index contributed by atoms with van der Waals surface area (Å²) >= 11 is 3.42. The van der Waals surface area contributed by atoms with Crippen LogP contribution < -0.4 is 15.4 Å². The molecule has 2 aromatic rings. The summed E-state index contributed by atoms with van der Waals surface area (Å²) in [6, 6.07) is 12.8. The first-order chi connectivity index (χ1) is 15.0. The molecule has 2 atom stereocenters. The van der Waals surface area contributed by atoms with Crippen molar-refractivity contribution in [3.05, 3.63) is 53.0 Å². The Hall–Kier alpha value is -2.39. The van der Waals surface area contributed by atoms with Gasteiger partial charge in [-0.3, -0.25) is 14.4 Å². The van der Waals surface area contributed by atoms with E-state index in [9.17, 15) is 18.0 Å². The van der Waals surface area contributed by atoms with Crippen molar-refractivity contribution >= 4 is 54.8 Å². The molecular weight excluding hydrogens is 494 g/mol. The average molecular weight is 520 g/mol. The van der Waals surface area contributed by atoms with Crippen molar-refractivity contribution < 1.29 is 18.0 Å². The van der Waals surface area contributed by atoms with E-state index in [-0.39, 0.29) is 28.6 Å². The van der Waals surface area contributed by atoms with Crippen LogP contribution in [0.1, 0.15) is 33.1 Å². The van der Waals surface area contributed by atoms with E-state index >= 15 is 0 Å². The smallest absolute Gasteiger partial charge is 0.323 e. The Balaban J connectivity index is 1.70. The molecule has 9 heteroatoms. The van der Waals surface area contributed by atoms with E-state index in [1.165, 1.54) is 4.90 Å². The summed E-state index contributed by atoms with van der Waals surface area (Å²) in [5.74, 6) is -0.0231. The van der Waals surface area contributed by atoms with Gasteiger partial charge >= 0.3 is 6.03 Å². The second-order valence-corrected chi connectivity index (χ2v) is 11.7. The number of rotatable bonds is 6. The van der Waals surface area contributed by atoms with E-state index in [2.05, 4.69) is 20.7 Å². The maximum Gasteiger partial charge on any atom is 0.323 e. The first-order valence-corrected chi connectivity index (χ1v) is 12.9. The van der Waals surface area contributed by atoms with Gasteiger partial charge in [0.25, 0.3) is 0 Å². The molecule has 0 saturated heterocycles. The number of anilines is 3. The fourth-order valence-electron chi connectivity index (χ4n) is 5.39. The molecule has 0 aromatic heterocycles. The number of ketones is 1. The van der Waals surface area contributed by atoms with E-state index in [4.69, 9.17) is 5.73 Å². The Kier molecular flexibility index (Phi) is 5.61. The van der Waals surface area contributed by atoms with Crippen LogP contribution in [0.2, 0.25) is 0 Å². The Labute approximate surface area is 196 Å². The van der Waals surface area contributed by atoms with Gasteiger partial charge in [0, 0.05) is 10.9 Å².